The molecule has 0 aromatic carbocycles. The normalized spacial score (nSPS) is 25.3. The summed E-state index contributed by atoms with van der Waals surface area (Å²) in [5.74, 6) is 0.657. The van der Waals surface area contributed by atoms with Crippen LogP contribution >= 0.6 is 0 Å². The second-order valence-electron chi connectivity index (χ2n) is 4.56. The highest BCUT2D eigenvalue weighted by molar-refractivity contribution is 5.51. The minimum Gasteiger partial charge on any atom is -0.397 e. The van der Waals surface area contributed by atoms with Gasteiger partial charge in [-0.15, -0.1) is 0 Å². The van der Waals surface area contributed by atoms with Crippen LogP contribution in [0.1, 0.15) is 25.7 Å². The van der Waals surface area contributed by atoms with Gasteiger partial charge in [0.05, 0.1) is 23.7 Å². The number of aliphatic hydroxyl groups excluding tert-OH is 1. The predicted molar refractivity (Wildman–Crippen MR) is 65.1 cm³/mol. The Kier molecular flexibility index (Phi) is 3.62. The molecule has 0 saturated heterocycles. The molecule has 1 aliphatic rings. The molecule has 0 unspecified atom stereocenters. The van der Waals surface area contributed by atoms with Gasteiger partial charge in [-0.3, -0.25) is 4.98 Å². The maximum Gasteiger partial charge on any atom is 0.0547 e. The number of anilines is 2. The van der Waals surface area contributed by atoms with Gasteiger partial charge in [-0.25, -0.2) is 0 Å². The first-order chi connectivity index (χ1) is 7.74. The van der Waals surface area contributed by atoms with Crippen molar-refractivity contribution < 1.29 is 5.11 Å². The van der Waals surface area contributed by atoms with Gasteiger partial charge in [-0.1, -0.05) is 0 Å². The van der Waals surface area contributed by atoms with Gasteiger partial charge in [-0.05, 0) is 37.7 Å². The minimum absolute atomic E-state index is 0.0784. The van der Waals surface area contributed by atoms with Crippen molar-refractivity contribution in [3.63, 3.8) is 0 Å². The molecule has 1 aliphatic carbocycles. The first-order valence-corrected chi connectivity index (χ1v) is 5.86. The molecule has 2 rings (SSSR count). The summed E-state index contributed by atoms with van der Waals surface area (Å²) in [5, 5.41) is 12.7. The molecule has 0 bridgehead atoms. The number of nitrogens with two attached hydrogens (primary N) is 1. The maximum absolute atomic E-state index is 9.40. The van der Waals surface area contributed by atoms with Crippen LogP contribution < -0.4 is 11.1 Å². The van der Waals surface area contributed by atoms with Crippen molar-refractivity contribution in [2.24, 2.45) is 5.92 Å². The molecule has 0 amide bonds. The van der Waals surface area contributed by atoms with Crippen molar-refractivity contribution in [3.05, 3.63) is 18.5 Å². The molecule has 0 aliphatic heterocycles. The summed E-state index contributed by atoms with van der Waals surface area (Å²) in [6.07, 6.45) is 7.41. The summed E-state index contributed by atoms with van der Waals surface area (Å²) in [6, 6.07) is 1.89. The molecule has 1 heterocycles. The Hall–Kier alpha value is -1.29. The fourth-order valence-corrected chi connectivity index (χ4v) is 2.17. The van der Waals surface area contributed by atoms with Crippen LogP contribution in [0, 0.1) is 5.92 Å². The monoisotopic (exact) mass is 221 g/mol. The zero-order valence-corrected chi connectivity index (χ0v) is 9.39. The van der Waals surface area contributed by atoms with Crippen molar-refractivity contribution in [2.75, 3.05) is 17.6 Å². The van der Waals surface area contributed by atoms with Gasteiger partial charge >= 0.3 is 0 Å². The van der Waals surface area contributed by atoms with E-state index in [-0.39, 0.29) is 6.10 Å². The second-order valence-corrected chi connectivity index (χ2v) is 4.56. The molecular weight excluding hydrogens is 202 g/mol. The van der Waals surface area contributed by atoms with Crippen LogP contribution in [-0.4, -0.2) is 22.7 Å². The van der Waals surface area contributed by atoms with E-state index < -0.39 is 0 Å². The van der Waals surface area contributed by atoms with Crippen molar-refractivity contribution in [1.82, 2.24) is 4.98 Å². The number of nitrogen functional groups attached to an aromatic ring is 1. The van der Waals surface area contributed by atoms with E-state index >= 15 is 0 Å². The molecule has 88 valence electrons. The zero-order chi connectivity index (χ0) is 11.4. The number of nitrogens with zero attached hydrogens (tertiary/aromatic N) is 1. The number of hydrogen-bond donors (Lipinski definition) is 3. The molecule has 1 aromatic rings. The molecule has 4 N–H and O–H groups in total. The van der Waals surface area contributed by atoms with Crippen molar-refractivity contribution >= 4 is 11.4 Å². The Bertz CT molecular complexity index is 335. The number of pyridine rings is 1. The van der Waals surface area contributed by atoms with E-state index in [1.165, 1.54) is 0 Å². The van der Waals surface area contributed by atoms with Gasteiger partial charge in [0.2, 0.25) is 0 Å². The number of rotatable bonds is 3. The van der Waals surface area contributed by atoms with Crippen LogP contribution in [0.4, 0.5) is 11.4 Å². The molecule has 1 saturated carbocycles. The van der Waals surface area contributed by atoms with Crippen LogP contribution in [0.15, 0.2) is 18.5 Å². The lowest BCUT2D eigenvalue weighted by molar-refractivity contribution is 0.111. The maximum atomic E-state index is 9.40. The van der Waals surface area contributed by atoms with E-state index in [9.17, 15) is 5.11 Å². The molecule has 1 aromatic heterocycles. The fourth-order valence-electron chi connectivity index (χ4n) is 2.17. The summed E-state index contributed by atoms with van der Waals surface area (Å²) in [5.41, 5.74) is 7.31. The van der Waals surface area contributed by atoms with Crippen LogP contribution in [0.5, 0.6) is 0 Å². The van der Waals surface area contributed by atoms with Crippen LogP contribution in [0.2, 0.25) is 0 Å². The third-order valence-corrected chi connectivity index (χ3v) is 3.17. The summed E-state index contributed by atoms with van der Waals surface area (Å²) >= 11 is 0. The number of hydrogen-bond acceptors (Lipinski definition) is 4. The van der Waals surface area contributed by atoms with E-state index in [4.69, 9.17) is 5.73 Å². The van der Waals surface area contributed by atoms with Crippen LogP contribution in [-0.2, 0) is 0 Å². The first kappa shape index (κ1) is 11.2. The van der Waals surface area contributed by atoms with E-state index in [0.717, 1.165) is 37.9 Å². The highest BCUT2D eigenvalue weighted by Gasteiger charge is 2.18. The molecular formula is C12H19N3O. The van der Waals surface area contributed by atoms with Gasteiger partial charge in [0.1, 0.15) is 0 Å². The van der Waals surface area contributed by atoms with Gasteiger partial charge < -0.3 is 16.2 Å². The lowest BCUT2D eigenvalue weighted by Gasteiger charge is -2.25. The summed E-state index contributed by atoms with van der Waals surface area (Å²) < 4.78 is 0. The third-order valence-electron chi connectivity index (χ3n) is 3.17. The fraction of sp³-hybridized carbons (Fsp3) is 0.583. The third kappa shape index (κ3) is 3.10. The Morgan fingerprint density at radius 2 is 2.06 bits per heavy atom. The molecule has 16 heavy (non-hydrogen) atoms. The molecule has 4 nitrogen and oxygen atoms in total. The van der Waals surface area contributed by atoms with Gasteiger partial charge in [-0.2, -0.15) is 0 Å². The molecule has 0 atom stereocenters. The first-order valence-electron chi connectivity index (χ1n) is 5.86. The Labute approximate surface area is 95.9 Å². The number of aromatic nitrogens is 1. The minimum atomic E-state index is -0.0784. The van der Waals surface area contributed by atoms with Gasteiger partial charge in [0.25, 0.3) is 0 Å². The number of nitrogens with one attached hydrogen (secondary N) is 1. The zero-order valence-electron chi connectivity index (χ0n) is 9.39. The van der Waals surface area contributed by atoms with E-state index in [2.05, 4.69) is 10.3 Å². The average molecular weight is 221 g/mol. The summed E-state index contributed by atoms with van der Waals surface area (Å²) in [7, 11) is 0. The Morgan fingerprint density at radius 3 is 2.75 bits per heavy atom. The summed E-state index contributed by atoms with van der Waals surface area (Å²) in [4.78, 5) is 4.03. The highest BCUT2D eigenvalue weighted by Crippen LogP contribution is 2.24. The van der Waals surface area contributed by atoms with Gasteiger partial charge in [0.15, 0.2) is 0 Å². The Balaban J connectivity index is 1.79. The molecule has 0 radical (unpaired) electrons. The van der Waals surface area contributed by atoms with E-state index in [0.29, 0.717) is 11.6 Å². The highest BCUT2D eigenvalue weighted by atomic mass is 16.3. The van der Waals surface area contributed by atoms with Crippen molar-refractivity contribution in [2.45, 2.75) is 31.8 Å². The van der Waals surface area contributed by atoms with E-state index in [1.807, 2.05) is 6.07 Å². The van der Waals surface area contributed by atoms with Crippen molar-refractivity contribution in [3.8, 4) is 0 Å². The number of aliphatic hydroxyl groups is 1. The largest absolute Gasteiger partial charge is 0.397 e. The SMILES string of the molecule is Nc1cncc(NCC2CCC(O)CC2)c1. The molecule has 4 heteroatoms. The lowest BCUT2D eigenvalue weighted by atomic mass is 9.87. The topological polar surface area (TPSA) is 71.2 Å². The smallest absolute Gasteiger partial charge is 0.0547 e. The summed E-state index contributed by atoms with van der Waals surface area (Å²) in [6.45, 7) is 0.942. The Morgan fingerprint density at radius 1 is 1.31 bits per heavy atom. The quantitative estimate of drug-likeness (QED) is 0.725. The average Bonchev–Trinajstić information content (AvgIpc) is 2.28. The molecule has 1 fully saturated rings. The van der Waals surface area contributed by atoms with Crippen LogP contribution in [0.3, 0.4) is 0 Å². The molecule has 0 spiro atoms. The van der Waals surface area contributed by atoms with Crippen molar-refractivity contribution in [1.29, 1.82) is 0 Å². The van der Waals surface area contributed by atoms with Gasteiger partial charge in [0, 0.05) is 12.7 Å². The predicted octanol–water partition coefficient (Wildman–Crippen LogP) is 1.63. The second kappa shape index (κ2) is 5.16. The van der Waals surface area contributed by atoms with E-state index in [1.54, 1.807) is 12.4 Å². The van der Waals surface area contributed by atoms with Crippen LogP contribution in [0.25, 0.3) is 0 Å². The lowest BCUT2D eigenvalue weighted by Crippen LogP contribution is -2.23. The standard InChI is InChI=1S/C12H19N3O/c13-10-5-11(8-14-7-10)15-6-9-1-3-12(16)4-2-9/h5,7-9,12,15-16H,1-4,6,13H2.